The molecule has 1 heterocycles. The molecule has 0 aliphatic carbocycles. The minimum Gasteiger partial charge on any atom is -0.348 e. The predicted octanol–water partition coefficient (Wildman–Crippen LogP) is 3.52. The molecule has 0 bridgehead atoms. The first-order valence-corrected chi connectivity index (χ1v) is 7.53. The van der Waals surface area contributed by atoms with E-state index >= 15 is 0 Å². The van der Waals surface area contributed by atoms with Gasteiger partial charge in [-0.1, -0.05) is 42.0 Å². The number of hydrogen-bond donors (Lipinski definition) is 1. The number of carbonyl (C=O) groups excluding carboxylic acids is 1. The van der Waals surface area contributed by atoms with Crippen LogP contribution in [0.3, 0.4) is 0 Å². The molecule has 0 unspecified atom stereocenters. The second-order valence-corrected chi connectivity index (χ2v) is 5.47. The molecule has 0 saturated heterocycles. The fourth-order valence-corrected chi connectivity index (χ4v) is 2.21. The highest BCUT2D eigenvalue weighted by Crippen LogP contribution is 2.15. The van der Waals surface area contributed by atoms with Crippen LogP contribution in [0.5, 0.6) is 0 Å². The van der Waals surface area contributed by atoms with Crippen LogP contribution in [-0.4, -0.2) is 15.9 Å². The van der Waals surface area contributed by atoms with E-state index < -0.39 is 0 Å². The molecule has 3 rings (SSSR count). The number of halogens is 1. The maximum absolute atomic E-state index is 13.2. The van der Waals surface area contributed by atoms with Crippen LogP contribution in [0.4, 0.5) is 4.39 Å². The molecule has 0 spiro atoms. The summed E-state index contributed by atoms with van der Waals surface area (Å²) in [6, 6.07) is 14.0. The molecule has 0 aliphatic rings. The molecule has 0 fully saturated rings. The van der Waals surface area contributed by atoms with Crippen molar-refractivity contribution in [1.82, 2.24) is 15.3 Å². The fraction of sp³-hybridized carbons (Fsp3) is 0.105. The highest BCUT2D eigenvalue weighted by Gasteiger charge is 2.08. The number of nitrogens with one attached hydrogen (secondary N) is 1. The van der Waals surface area contributed by atoms with Crippen molar-refractivity contribution >= 4 is 5.91 Å². The number of aromatic nitrogens is 2. The zero-order chi connectivity index (χ0) is 16.9. The van der Waals surface area contributed by atoms with Gasteiger partial charge in [-0.15, -0.1) is 0 Å². The van der Waals surface area contributed by atoms with Gasteiger partial charge in [0, 0.05) is 24.5 Å². The first kappa shape index (κ1) is 15.8. The highest BCUT2D eigenvalue weighted by molar-refractivity contribution is 5.93. The van der Waals surface area contributed by atoms with E-state index in [1.807, 2.05) is 31.2 Å². The largest absolute Gasteiger partial charge is 0.348 e. The van der Waals surface area contributed by atoms with Gasteiger partial charge in [0.15, 0.2) is 5.82 Å². The van der Waals surface area contributed by atoms with Crippen LogP contribution in [-0.2, 0) is 6.54 Å². The van der Waals surface area contributed by atoms with Crippen LogP contribution >= 0.6 is 0 Å². The second kappa shape index (κ2) is 7.00. The minimum absolute atomic E-state index is 0.249. The van der Waals surface area contributed by atoms with Crippen molar-refractivity contribution in [3.63, 3.8) is 0 Å². The molecule has 1 N–H and O–H groups in total. The standard InChI is InChI=1S/C19H16FN3O/c1-13-5-7-14(8-6-13)10-23-19(24)16-11-21-18(22-12-16)15-3-2-4-17(20)9-15/h2-9,11-12H,10H2,1H3,(H,23,24). The number of carbonyl (C=O) groups is 1. The van der Waals surface area contributed by atoms with E-state index in [1.54, 1.807) is 12.1 Å². The summed E-state index contributed by atoms with van der Waals surface area (Å²) in [6.07, 6.45) is 2.88. The Kier molecular flexibility index (Phi) is 4.61. The van der Waals surface area contributed by atoms with Crippen molar-refractivity contribution in [3.05, 3.63) is 83.4 Å². The maximum Gasteiger partial charge on any atom is 0.254 e. The number of aryl methyl sites for hydroxylation is 1. The van der Waals surface area contributed by atoms with Crippen LogP contribution in [0.15, 0.2) is 60.9 Å². The van der Waals surface area contributed by atoms with Crippen molar-refractivity contribution in [2.45, 2.75) is 13.5 Å². The summed E-state index contributed by atoms with van der Waals surface area (Å²) in [6.45, 7) is 2.45. The van der Waals surface area contributed by atoms with Crippen molar-refractivity contribution < 1.29 is 9.18 Å². The van der Waals surface area contributed by atoms with Crippen molar-refractivity contribution in [2.24, 2.45) is 0 Å². The summed E-state index contributed by atoms with van der Waals surface area (Å²) < 4.78 is 13.2. The summed E-state index contributed by atoms with van der Waals surface area (Å²) >= 11 is 0. The molecule has 24 heavy (non-hydrogen) atoms. The van der Waals surface area contributed by atoms with Gasteiger partial charge in [-0.3, -0.25) is 4.79 Å². The molecule has 2 aromatic carbocycles. The van der Waals surface area contributed by atoms with E-state index in [9.17, 15) is 9.18 Å². The Morgan fingerprint density at radius 2 is 1.79 bits per heavy atom. The fourth-order valence-electron chi connectivity index (χ4n) is 2.21. The number of benzene rings is 2. The van der Waals surface area contributed by atoms with Crippen molar-refractivity contribution in [2.75, 3.05) is 0 Å². The summed E-state index contributed by atoms with van der Waals surface area (Å²) in [5.74, 6) is -0.220. The molecule has 5 heteroatoms. The van der Waals surface area contributed by atoms with Gasteiger partial charge in [0.25, 0.3) is 5.91 Å². The average Bonchev–Trinajstić information content (AvgIpc) is 2.61. The number of amides is 1. The Labute approximate surface area is 139 Å². The minimum atomic E-state index is -0.351. The number of hydrogen-bond acceptors (Lipinski definition) is 3. The normalized spacial score (nSPS) is 10.4. The van der Waals surface area contributed by atoms with E-state index in [0.29, 0.717) is 23.5 Å². The van der Waals surface area contributed by atoms with Gasteiger partial charge in [0.1, 0.15) is 5.82 Å². The summed E-state index contributed by atoms with van der Waals surface area (Å²) in [5, 5.41) is 2.82. The molecule has 0 saturated carbocycles. The van der Waals surface area contributed by atoms with E-state index in [2.05, 4.69) is 15.3 Å². The van der Waals surface area contributed by atoms with E-state index in [-0.39, 0.29) is 11.7 Å². The smallest absolute Gasteiger partial charge is 0.254 e. The molecule has 1 amide bonds. The zero-order valence-electron chi connectivity index (χ0n) is 13.2. The van der Waals surface area contributed by atoms with Gasteiger partial charge in [-0.25, -0.2) is 14.4 Å². The van der Waals surface area contributed by atoms with Gasteiger partial charge in [-0.05, 0) is 24.6 Å². The lowest BCUT2D eigenvalue weighted by Crippen LogP contribution is -2.23. The van der Waals surface area contributed by atoms with E-state index in [4.69, 9.17) is 0 Å². The third-order valence-corrected chi connectivity index (χ3v) is 3.57. The molecule has 0 aliphatic heterocycles. The van der Waals surface area contributed by atoms with Crippen LogP contribution in [0.1, 0.15) is 21.5 Å². The second-order valence-electron chi connectivity index (χ2n) is 5.47. The van der Waals surface area contributed by atoms with Gasteiger partial charge in [0.05, 0.1) is 5.56 Å². The molecular weight excluding hydrogens is 305 g/mol. The highest BCUT2D eigenvalue weighted by atomic mass is 19.1. The third kappa shape index (κ3) is 3.81. The monoisotopic (exact) mass is 321 g/mol. The van der Waals surface area contributed by atoms with Crippen LogP contribution in [0.25, 0.3) is 11.4 Å². The topological polar surface area (TPSA) is 54.9 Å². The molecule has 4 nitrogen and oxygen atoms in total. The molecule has 0 atom stereocenters. The molecule has 3 aromatic rings. The van der Waals surface area contributed by atoms with Crippen LogP contribution in [0.2, 0.25) is 0 Å². The zero-order valence-corrected chi connectivity index (χ0v) is 13.2. The Balaban J connectivity index is 1.66. The maximum atomic E-state index is 13.2. The Hall–Kier alpha value is -3.08. The lowest BCUT2D eigenvalue weighted by molar-refractivity contribution is 0.0950. The Morgan fingerprint density at radius 1 is 1.08 bits per heavy atom. The average molecular weight is 321 g/mol. The quantitative estimate of drug-likeness (QED) is 0.800. The summed E-state index contributed by atoms with van der Waals surface area (Å²) in [7, 11) is 0. The van der Waals surface area contributed by atoms with E-state index in [1.165, 1.54) is 30.1 Å². The SMILES string of the molecule is Cc1ccc(CNC(=O)c2cnc(-c3cccc(F)c3)nc2)cc1. The molecular formula is C19H16FN3O. The van der Waals surface area contributed by atoms with Crippen LogP contribution in [0, 0.1) is 12.7 Å². The van der Waals surface area contributed by atoms with Gasteiger partial charge in [0.2, 0.25) is 0 Å². The molecule has 1 aromatic heterocycles. The number of nitrogens with zero attached hydrogens (tertiary/aromatic N) is 2. The lowest BCUT2D eigenvalue weighted by Gasteiger charge is -2.06. The summed E-state index contributed by atoms with van der Waals surface area (Å²) in [4.78, 5) is 20.4. The van der Waals surface area contributed by atoms with E-state index in [0.717, 1.165) is 5.56 Å². The summed E-state index contributed by atoms with van der Waals surface area (Å²) in [5.41, 5.74) is 3.13. The third-order valence-electron chi connectivity index (χ3n) is 3.57. The lowest BCUT2D eigenvalue weighted by atomic mass is 10.1. The molecule has 0 radical (unpaired) electrons. The van der Waals surface area contributed by atoms with Gasteiger partial charge in [-0.2, -0.15) is 0 Å². The van der Waals surface area contributed by atoms with Crippen LogP contribution < -0.4 is 5.32 Å². The van der Waals surface area contributed by atoms with Crippen molar-refractivity contribution in [1.29, 1.82) is 0 Å². The first-order valence-electron chi connectivity index (χ1n) is 7.53. The van der Waals surface area contributed by atoms with Gasteiger partial charge >= 0.3 is 0 Å². The molecule has 120 valence electrons. The number of rotatable bonds is 4. The van der Waals surface area contributed by atoms with Crippen molar-refractivity contribution in [3.8, 4) is 11.4 Å². The Bertz CT molecular complexity index is 845. The van der Waals surface area contributed by atoms with Gasteiger partial charge < -0.3 is 5.32 Å². The first-order chi connectivity index (χ1) is 11.6. The Morgan fingerprint density at radius 3 is 2.46 bits per heavy atom. The predicted molar refractivity (Wildman–Crippen MR) is 89.8 cm³/mol.